The summed E-state index contributed by atoms with van der Waals surface area (Å²) in [5, 5.41) is 2.69. The second-order valence-corrected chi connectivity index (χ2v) is 9.90. The van der Waals surface area contributed by atoms with Crippen LogP contribution in [-0.2, 0) is 10.0 Å². The molecule has 0 aliphatic heterocycles. The van der Waals surface area contributed by atoms with Crippen molar-refractivity contribution in [2.75, 3.05) is 17.1 Å². The van der Waals surface area contributed by atoms with Crippen LogP contribution in [0.3, 0.4) is 0 Å². The van der Waals surface area contributed by atoms with Crippen LogP contribution in [0.5, 0.6) is 5.75 Å². The van der Waals surface area contributed by atoms with E-state index < -0.39 is 15.9 Å². The smallest absolute Gasteiger partial charge is 0.261 e. The van der Waals surface area contributed by atoms with E-state index in [1.807, 2.05) is 0 Å². The number of hydrogen-bond acceptors (Lipinski definition) is 6. The lowest BCUT2D eigenvalue weighted by molar-refractivity contribution is 0.0978. The van der Waals surface area contributed by atoms with E-state index in [0.29, 0.717) is 11.3 Å². The molecule has 0 aromatic heterocycles. The standard InChI is InChI=1S/C28H20N2O6S/c1-36-17-13-15-18(16-14-17)37(34,35)30-23-11-5-4-9-21(23)28(33)29-24-12-6-10-22-25(24)27(32)20-8-3-2-7-19(20)26(22)31/h2-16,30H,1H3,(H,29,33). The largest absolute Gasteiger partial charge is 0.497 e. The van der Waals surface area contributed by atoms with Gasteiger partial charge in [-0.15, -0.1) is 0 Å². The number of ketones is 2. The molecule has 37 heavy (non-hydrogen) atoms. The topological polar surface area (TPSA) is 119 Å². The first-order chi connectivity index (χ1) is 17.8. The number of carbonyl (C=O) groups excluding carboxylic acids is 3. The quantitative estimate of drug-likeness (QED) is 0.345. The highest BCUT2D eigenvalue weighted by Gasteiger charge is 2.32. The zero-order valence-electron chi connectivity index (χ0n) is 19.5. The molecule has 9 heteroatoms. The Morgan fingerprint density at radius 1 is 0.703 bits per heavy atom. The number of amides is 1. The third-order valence-electron chi connectivity index (χ3n) is 5.99. The minimum Gasteiger partial charge on any atom is -0.497 e. The zero-order valence-corrected chi connectivity index (χ0v) is 20.3. The van der Waals surface area contributed by atoms with E-state index in [4.69, 9.17) is 4.74 Å². The lowest BCUT2D eigenvalue weighted by Gasteiger charge is -2.20. The van der Waals surface area contributed by atoms with Crippen molar-refractivity contribution >= 4 is 38.9 Å². The molecule has 5 rings (SSSR count). The number of ether oxygens (including phenoxy) is 1. The van der Waals surface area contributed by atoms with Crippen molar-refractivity contribution in [3.8, 4) is 5.75 Å². The SMILES string of the molecule is COc1ccc(S(=O)(=O)Nc2ccccc2C(=O)Nc2cccc3c2C(=O)c2ccccc2C3=O)cc1. The average molecular weight is 513 g/mol. The van der Waals surface area contributed by atoms with Gasteiger partial charge in [0, 0.05) is 16.7 Å². The number of para-hydroxylation sites is 1. The third kappa shape index (κ3) is 4.36. The van der Waals surface area contributed by atoms with Crippen molar-refractivity contribution in [2.24, 2.45) is 0 Å². The summed E-state index contributed by atoms with van der Waals surface area (Å²) in [7, 11) is -2.54. The molecule has 2 N–H and O–H groups in total. The van der Waals surface area contributed by atoms with Crippen molar-refractivity contribution < 1.29 is 27.5 Å². The maximum atomic E-state index is 13.3. The fourth-order valence-corrected chi connectivity index (χ4v) is 5.25. The first kappa shape index (κ1) is 24.0. The van der Waals surface area contributed by atoms with Crippen LogP contribution >= 0.6 is 0 Å². The highest BCUT2D eigenvalue weighted by molar-refractivity contribution is 7.92. The van der Waals surface area contributed by atoms with Gasteiger partial charge in [0.05, 0.1) is 34.5 Å². The molecule has 1 aliphatic rings. The molecule has 1 aliphatic carbocycles. The maximum Gasteiger partial charge on any atom is 0.261 e. The summed E-state index contributed by atoms with van der Waals surface area (Å²) < 4.78 is 33.4. The van der Waals surface area contributed by atoms with Gasteiger partial charge in [0.1, 0.15) is 5.75 Å². The fourth-order valence-electron chi connectivity index (χ4n) is 4.17. The van der Waals surface area contributed by atoms with Gasteiger partial charge >= 0.3 is 0 Å². The zero-order chi connectivity index (χ0) is 26.2. The van der Waals surface area contributed by atoms with Crippen molar-refractivity contribution in [3.63, 3.8) is 0 Å². The normalized spacial score (nSPS) is 12.4. The summed E-state index contributed by atoms with van der Waals surface area (Å²) in [6.07, 6.45) is 0. The van der Waals surface area contributed by atoms with E-state index in [1.165, 1.54) is 55.6 Å². The lowest BCUT2D eigenvalue weighted by Crippen LogP contribution is -2.24. The molecule has 0 bridgehead atoms. The Kier molecular flexibility index (Phi) is 6.06. The van der Waals surface area contributed by atoms with E-state index in [2.05, 4.69) is 10.0 Å². The molecule has 184 valence electrons. The number of methoxy groups -OCH3 is 1. The number of fused-ring (bicyclic) bond motifs is 2. The van der Waals surface area contributed by atoms with Crippen LogP contribution < -0.4 is 14.8 Å². The summed E-state index contributed by atoms with van der Waals surface area (Å²) in [6.45, 7) is 0. The molecular weight excluding hydrogens is 492 g/mol. The van der Waals surface area contributed by atoms with Gasteiger partial charge in [-0.05, 0) is 42.5 Å². The summed E-state index contributed by atoms with van der Waals surface area (Å²) >= 11 is 0. The van der Waals surface area contributed by atoms with E-state index in [0.717, 1.165) is 0 Å². The predicted molar refractivity (Wildman–Crippen MR) is 138 cm³/mol. The summed E-state index contributed by atoms with van der Waals surface area (Å²) in [6, 6.07) is 23.1. The van der Waals surface area contributed by atoms with Crippen molar-refractivity contribution in [1.29, 1.82) is 0 Å². The van der Waals surface area contributed by atoms with Gasteiger partial charge in [-0.1, -0.05) is 48.5 Å². The van der Waals surface area contributed by atoms with Crippen LogP contribution in [0.25, 0.3) is 0 Å². The number of benzene rings is 4. The summed E-state index contributed by atoms with van der Waals surface area (Å²) in [4.78, 5) is 39.5. The molecule has 4 aromatic carbocycles. The molecular formula is C28H20N2O6S. The molecule has 1 amide bonds. The van der Waals surface area contributed by atoms with E-state index in [9.17, 15) is 22.8 Å². The van der Waals surface area contributed by atoms with Gasteiger partial charge in [0.2, 0.25) is 0 Å². The molecule has 0 fully saturated rings. The van der Waals surface area contributed by atoms with Crippen LogP contribution in [-0.4, -0.2) is 33.0 Å². The lowest BCUT2D eigenvalue weighted by atomic mass is 9.83. The Morgan fingerprint density at radius 3 is 2.00 bits per heavy atom. The van der Waals surface area contributed by atoms with Gasteiger partial charge in [-0.3, -0.25) is 19.1 Å². The number of anilines is 2. The number of carbonyl (C=O) groups is 3. The molecule has 4 aromatic rings. The van der Waals surface area contributed by atoms with E-state index in [-0.39, 0.29) is 50.1 Å². The van der Waals surface area contributed by atoms with Crippen LogP contribution in [0, 0.1) is 0 Å². The van der Waals surface area contributed by atoms with Crippen LogP contribution in [0.15, 0.2) is 95.9 Å². The van der Waals surface area contributed by atoms with Crippen LogP contribution in [0.4, 0.5) is 11.4 Å². The molecule has 8 nitrogen and oxygen atoms in total. The van der Waals surface area contributed by atoms with E-state index in [1.54, 1.807) is 42.5 Å². The van der Waals surface area contributed by atoms with E-state index >= 15 is 0 Å². The Hall–Kier alpha value is -4.76. The number of nitrogens with one attached hydrogen (secondary N) is 2. The second kappa shape index (κ2) is 9.36. The average Bonchev–Trinajstić information content (AvgIpc) is 2.91. The molecule has 0 saturated carbocycles. The Labute approximate surface area is 213 Å². The minimum absolute atomic E-state index is 0.0107. The third-order valence-corrected chi connectivity index (χ3v) is 7.37. The van der Waals surface area contributed by atoms with Crippen molar-refractivity contribution in [2.45, 2.75) is 4.90 Å². The monoisotopic (exact) mass is 512 g/mol. The molecule has 0 saturated heterocycles. The van der Waals surface area contributed by atoms with Gasteiger partial charge in [-0.25, -0.2) is 8.42 Å². The second-order valence-electron chi connectivity index (χ2n) is 8.21. The highest BCUT2D eigenvalue weighted by atomic mass is 32.2. The van der Waals surface area contributed by atoms with Crippen molar-refractivity contribution in [3.05, 3.63) is 119 Å². The van der Waals surface area contributed by atoms with Gasteiger partial charge in [0.15, 0.2) is 11.6 Å². The molecule has 0 heterocycles. The fraction of sp³-hybridized carbons (Fsp3) is 0.0357. The minimum atomic E-state index is -4.02. The number of rotatable bonds is 6. The summed E-state index contributed by atoms with van der Waals surface area (Å²) in [5.74, 6) is -0.843. The first-order valence-corrected chi connectivity index (χ1v) is 12.7. The first-order valence-electron chi connectivity index (χ1n) is 11.2. The van der Waals surface area contributed by atoms with Gasteiger partial charge < -0.3 is 10.1 Å². The Balaban J connectivity index is 1.46. The molecule has 0 atom stereocenters. The molecule has 0 radical (unpaired) electrons. The highest BCUT2D eigenvalue weighted by Crippen LogP contribution is 2.32. The van der Waals surface area contributed by atoms with Gasteiger partial charge in [-0.2, -0.15) is 0 Å². The van der Waals surface area contributed by atoms with Crippen LogP contribution in [0.2, 0.25) is 0 Å². The molecule has 0 unspecified atom stereocenters. The van der Waals surface area contributed by atoms with Crippen molar-refractivity contribution in [1.82, 2.24) is 0 Å². The number of sulfonamides is 1. The molecule has 0 spiro atoms. The summed E-state index contributed by atoms with van der Waals surface area (Å²) in [5.41, 5.74) is 1.09. The maximum absolute atomic E-state index is 13.3. The Morgan fingerprint density at radius 2 is 1.30 bits per heavy atom. The van der Waals surface area contributed by atoms with Gasteiger partial charge in [0.25, 0.3) is 15.9 Å². The Bertz CT molecular complexity index is 1680. The predicted octanol–water partition coefficient (Wildman–Crippen LogP) is 4.52. The van der Waals surface area contributed by atoms with Crippen LogP contribution in [0.1, 0.15) is 42.2 Å². The number of hydrogen-bond donors (Lipinski definition) is 2.